The number of hydrogen-bond donors (Lipinski definition) is 1. The van der Waals surface area contributed by atoms with Gasteiger partial charge in [-0.1, -0.05) is 20.8 Å². The van der Waals surface area contributed by atoms with Gasteiger partial charge in [0.25, 0.3) is 0 Å². The number of aromatic nitrogens is 3. The molecule has 5 heteroatoms. The summed E-state index contributed by atoms with van der Waals surface area (Å²) >= 11 is 0. The van der Waals surface area contributed by atoms with Crippen molar-refractivity contribution in [2.45, 2.75) is 39.7 Å². The first-order valence-electron chi connectivity index (χ1n) is 6.69. The molecule has 0 aromatic carbocycles. The Balaban J connectivity index is 2.38. The summed E-state index contributed by atoms with van der Waals surface area (Å²) in [5, 5.41) is 4.26. The first-order chi connectivity index (χ1) is 9.29. The summed E-state index contributed by atoms with van der Waals surface area (Å²) in [6.45, 7) is 8.75. The highest BCUT2D eigenvalue weighted by Gasteiger charge is 2.18. The van der Waals surface area contributed by atoms with E-state index in [0.717, 1.165) is 17.0 Å². The maximum Gasteiger partial charge on any atom is 0.221 e. The number of nitrogens with zero attached hydrogens (tertiary/aromatic N) is 3. The zero-order valence-electron chi connectivity index (χ0n) is 12.8. The van der Waals surface area contributed by atoms with Gasteiger partial charge in [0.05, 0.1) is 11.4 Å². The molecular formula is C15H22N4O. The molecular weight excluding hydrogens is 252 g/mol. The van der Waals surface area contributed by atoms with Crippen LogP contribution in [-0.2, 0) is 19.0 Å². The fraction of sp³-hybridized carbons (Fsp3) is 0.467. The minimum Gasteiger partial charge on any atom is -0.421 e. The topological polar surface area (TPSA) is 66.0 Å². The third-order valence-corrected chi connectivity index (χ3v) is 3.03. The molecule has 2 aromatic heterocycles. The summed E-state index contributed by atoms with van der Waals surface area (Å²) in [6, 6.07) is 5.78. The highest BCUT2D eigenvalue weighted by atomic mass is 16.5. The Labute approximate surface area is 119 Å². The van der Waals surface area contributed by atoms with E-state index in [1.54, 1.807) is 4.68 Å². The van der Waals surface area contributed by atoms with E-state index >= 15 is 0 Å². The van der Waals surface area contributed by atoms with Crippen LogP contribution < -0.4 is 10.5 Å². The first kappa shape index (κ1) is 14.5. The van der Waals surface area contributed by atoms with E-state index in [9.17, 15) is 0 Å². The molecule has 0 aliphatic rings. The Morgan fingerprint density at radius 1 is 1.25 bits per heavy atom. The van der Waals surface area contributed by atoms with E-state index in [1.807, 2.05) is 32.2 Å². The minimum absolute atomic E-state index is 0.0499. The lowest BCUT2D eigenvalue weighted by atomic mass is 9.91. The van der Waals surface area contributed by atoms with Crippen LogP contribution in [0.1, 0.15) is 37.7 Å². The monoisotopic (exact) mass is 274 g/mol. The minimum atomic E-state index is -0.0499. The second-order valence-electron chi connectivity index (χ2n) is 6.00. The molecule has 0 spiro atoms. The second kappa shape index (κ2) is 5.25. The van der Waals surface area contributed by atoms with Gasteiger partial charge < -0.3 is 10.5 Å². The van der Waals surface area contributed by atoms with Crippen LogP contribution in [0, 0.1) is 6.92 Å². The van der Waals surface area contributed by atoms with Crippen molar-refractivity contribution in [2.75, 3.05) is 0 Å². The number of nitrogens with two attached hydrogens (primary N) is 1. The highest BCUT2D eigenvalue weighted by Crippen LogP contribution is 2.27. The van der Waals surface area contributed by atoms with Gasteiger partial charge >= 0.3 is 0 Å². The fourth-order valence-corrected chi connectivity index (χ4v) is 1.90. The largest absolute Gasteiger partial charge is 0.421 e. The first-order valence-corrected chi connectivity index (χ1v) is 6.69. The third-order valence-electron chi connectivity index (χ3n) is 3.03. The predicted octanol–water partition coefficient (Wildman–Crippen LogP) is 2.67. The van der Waals surface area contributed by atoms with E-state index < -0.39 is 0 Å². The Kier molecular flexibility index (Phi) is 3.81. The van der Waals surface area contributed by atoms with E-state index in [4.69, 9.17) is 10.5 Å². The molecule has 2 heterocycles. The van der Waals surface area contributed by atoms with Gasteiger partial charge in [0.1, 0.15) is 0 Å². The molecule has 2 aromatic rings. The smallest absolute Gasteiger partial charge is 0.221 e. The molecule has 2 rings (SSSR count). The van der Waals surface area contributed by atoms with Crippen molar-refractivity contribution >= 4 is 0 Å². The van der Waals surface area contributed by atoms with Crippen molar-refractivity contribution in [2.24, 2.45) is 12.8 Å². The van der Waals surface area contributed by atoms with Crippen LogP contribution in [0.15, 0.2) is 18.2 Å². The molecule has 2 N–H and O–H groups in total. The van der Waals surface area contributed by atoms with Gasteiger partial charge in [0.2, 0.25) is 11.8 Å². The van der Waals surface area contributed by atoms with Gasteiger partial charge in [0, 0.05) is 31.1 Å². The molecule has 0 aliphatic heterocycles. The van der Waals surface area contributed by atoms with Crippen LogP contribution in [-0.4, -0.2) is 14.8 Å². The Morgan fingerprint density at radius 2 is 1.95 bits per heavy atom. The van der Waals surface area contributed by atoms with E-state index in [0.29, 0.717) is 18.3 Å². The molecule has 0 unspecified atom stereocenters. The summed E-state index contributed by atoms with van der Waals surface area (Å²) in [7, 11) is 1.85. The van der Waals surface area contributed by atoms with Gasteiger partial charge in [-0.25, -0.2) is 9.67 Å². The summed E-state index contributed by atoms with van der Waals surface area (Å²) < 4.78 is 7.54. The average molecular weight is 274 g/mol. The Morgan fingerprint density at radius 3 is 2.45 bits per heavy atom. The normalized spacial score (nSPS) is 11.7. The van der Waals surface area contributed by atoms with E-state index in [2.05, 4.69) is 30.9 Å². The van der Waals surface area contributed by atoms with Gasteiger partial charge in [-0.3, -0.25) is 0 Å². The van der Waals surface area contributed by atoms with Crippen LogP contribution in [0.2, 0.25) is 0 Å². The lowest BCUT2D eigenvalue weighted by Gasteiger charge is -2.19. The molecule has 0 bridgehead atoms. The van der Waals surface area contributed by atoms with Gasteiger partial charge in [-0.05, 0) is 18.6 Å². The number of pyridine rings is 1. The lowest BCUT2D eigenvalue weighted by molar-refractivity contribution is 0.408. The molecule has 0 radical (unpaired) electrons. The molecule has 0 atom stereocenters. The standard InChI is InChI=1S/C15H22N4O/c1-10-6-14(19(5)18-10)20-13-8-11(9-16)7-12(17-13)15(2,3)4/h6-8H,9,16H2,1-5H3. The average Bonchev–Trinajstić information content (AvgIpc) is 2.66. The Bertz CT molecular complexity index is 611. The van der Waals surface area contributed by atoms with Gasteiger partial charge in [-0.2, -0.15) is 5.10 Å². The summed E-state index contributed by atoms with van der Waals surface area (Å²) in [6.07, 6.45) is 0. The summed E-state index contributed by atoms with van der Waals surface area (Å²) in [5.74, 6) is 1.23. The van der Waals surface area contributed by atoms with E-state index in [1.165, 1.54) is 0 Å². The highest BCUT2D eigenvalue weighted by molar-refractivity contribution is 5.31. The molecule has 20 heavy (non-hydrogen) atoms. The third kappa shape index (κ3) is 3.17. The van der Waals surface area contributed by atoms with Crippen molar-refractivity contribution < 1.29 is 4.74 Å². The van der Waals surface area contributed by atoms with Crippen molar-refractivity contribution in [3.8, 4) is 11.8 Å². The lowest BCUT2D eigenvalue weighted by Crippen LogP contribution is -2.15. The SMILES string of the molecule is Cc1cc(Oc2cc(CN)cc(C(C)(C)C)n2)n(C)n1. The molecule has 0 saturated heterocycles. The predicted molar refractivity (Wildman–Crippen MR) is 78.8 cm³/mol. The molecule has 108 valence electrons. The van der Waals surface area contributed by atoms with Crippen LogP contribution in [0.3, 0.4) is 0 Å². The molecule has 0 saturated carbocycles. The van der Waals surface area contributed by atoms with Crippen molar-refractivity contribution in [3.63, 3.8) is 0 Å². The maximum absolute atomic E-state index is 5.84. The number of ether oxygens (including phenoxy) is 1. The van der Waals surface area contributed by atoms with E-state index in [-0.39, 0.29) is 5.41 Å². The number of aryl methyl sites for hydroxylation is 2. The Hall–Kier alpha value is -1.88. The molecule has 0 fully saturated rings. The quantitative estimate of drug-likeness (QED) is 0.934. The van der Waals surface area contributed by atoms with Crippen molar-refractivity contribution in [3.05, 3.63) is 35.2 Å². The number of hydrogen-bond acceptors (Lipinski definition) is 4. The number of rotatable bonds is 3. The maximum atomic E-state index is 5.84. The van der Waals surface area contributed by atoms with Crippen LogP contribution in [0.4, 0.5) is 0 Å². The zero-order valence-corrected chi connectivity index (χ0v) is 12.8. The van der Waals surface area contributed by atoms with Gasteiger partial charge in [-0.15, -0.1) is 0 Å². The summed E-state index contributed by atoms with van der Waals surface area (Å²) in [5.41, 5.74) is 8.60. The molecule has 5 nitrogen and oxygen atoms in total. The summed E-state index contributed by atoms with van der Waals surface area (Å²) in [4.78, 5) is 4.58. The van der Waals surface area contributed by atoms with Crippen LogP contribution >= 0.6 is 0 Å². The second-order valence-corrected chi connectivity index (χ2v) is 6.00. The van der Waals surface area contributed by atoms with Crippen LogP contribution in [0.5, 0.6) is 11.8 Å². The molecule has 0 aliphatic carbocycles. The van der Waals surface area contributed by atoms with Crippen molar-refractivity contribution in [1.82, 2.24) is 14.8 Å². The fourth-order valence-electron chi connectivity index (χ4n) is 1.90. The van der Waals surface area contributed by atoms with Gasteiger partial charge in [0.15, 0.2) is 0 Å². The van der Waals surface area contributed by atoms with Crippen LogP contribution in [0.25, 0.3) is 0 Å². The zero-order chi connectivity index (χ0) is 14.9. The molecule has 0 amide bonds. The van der Waals surface area contributed by atoms with Crippen molar-refractivity contribution in [1.29, 1.82) is 0 Å².